The first kappa shape index (κ1) is 15.5. The summed E-state index contributed by atoms with van der Waals surface area (Å²) in [7, 11) is 1.48. The maximum atomic E-state index is 11.6. The van der Waals surface area contributed by atoms with E-state index >= 15 is 0 Å². The van der Waals surface area contributed by atoms with E-state index in [0.29, 0.717) is 17.6 Å². The van der Waals surface area contributed by atoms with E-state index in [2.05, 4.69) is 10.6 Å². The Hall–Kier alpha value is -2.89. The number of hydrogen-bond acceptors (Lipinski definition) is 4. The molecule has 22 heavy (non-hydrogen) atoms. The SMILES string of the molecule is CNC(=O)CNC(=O)COc1ccc2ccccc2c1C=O. The van der Waals surface area contributed by atoms with Crippen molar-refractivity contribution in [1.29, 1.82) is 0 Å². The molecule has 2 rings (SSSR count). The van der Waals surface area contributed by atoms with E-state index in [1.54, 1.807) is 6.07 Å². The van der Waals surface area contributed by atoms with Crippen LogP contribution >= 0.6 is 0 Å². The quantitative estimate of drug-likeness (QED) is 0.776. The highest BCUT2D eigenvalue weighted by Crippen LogP contribution is 2.26. The lowest BCUT2D eigenvalue weighted by molar-refractivity contribution is -0.127. The molecule has 0 aliphatic heterocycles. The zero-order chi connectivity index (χ0) is 15.9. The van der Waals surface area contributed by atoms with Gasteiger partial charge in [0.05, 0.1) is 12.1 Å². The van der Waals surface area contributed by atoms with Crippen LogP contribution in [0.3, 0.4) is 0 Å². The molecule has 0 saturated heterocycles. The van der Waals surface area contributed by atoms with Gasteiger partial charge in [-0.15, -0.1) is 0 Å². The van der Waals surface area contributed by atoms with Crippen LogP contribution < -0.4 is 15.4 Å². The highest BCUT2D eigenvalue weighted by Gasteiger charge is 2.10. The third kappa shape index (κ3) is 3.60. The largest absolute Gasteiger partial charge is 0.483 e. The van der Waals surface area contributed by atoms with E-state index in [9.17, 15) is 14.4 Å². The minimum Gasteiger partial charge on any atom is -0.483 e. The van der Waals surface area contributed by atoms with Gasteiger partial charge in [0.2, 0.25) is 5.91 Å². The Morgan fingerprint density at radius 1 is 1.14 bits per heavy atom. The van der Waals surface area contributed by atoms with Crippen LogP contribution in [0.5, 0.6) is 5.75 Å². The maximum absolute atomic E-state index is 11.6. The number of ether oxygens (including phenoxy) is 1. The lowest BCUT2D eigenvalue weighted by Crippen LogP contribution is -2.37. The summed E-state index contributed by atoms with van der Waals surface area (Å²) in [6.07, 6.45) is 0.708. The second-order valence-electron chi connectivity index (χ2n) is 4.55. The van der Waals surface area contributed by atoms with Gasteiger partial charge in [-0.1, -0.05) is 30.3 Å². The Kier molecular flexibility index (Phi) is 5.08. The molecule has 2 aromatic carbocycles. The zero-order valence-electron chi connectivity index (χ0n) is 12.1. The number of carbonyl (C=O) groups is 3. The topological polar surface area (TPSA) is 84.5 Å². The predicted molar refractivity (Wildman–Crippen MR) is 81.9 cm³/mol. The van der Waals surface area contributed by atoms with Crippen LogP contribution in [0.4, 0.5) is 0 Å². The number of benzene rings is 2. The van der Waals surface area contributed by atoms with Gasteiger partial charge in [-0.25, -0.2) is 0 Å². The molecule has 114 valence electrons. The minimum absolute atomic E-state index is 0.114. The van der Waals surface area contributed by atoms with Gasteiger partial charge in [0, 0.05) is 7.05 Å². The Morgan fingerprint density at radius 3 is 2.64 bits per heavy atom. The number of carbonyl (C=O) groups excluding carboxylic acids is 3. The van der Waals surface area contributed by atoms with Gasteiger partial charge in [0.1, 0.15) is 5.75 Å². The van der Waals surface area contributed by atoms with Gasteiger partial charge >= 0.3 is 0 Å². The predicted octanol–water partition coefficient (Wildman–Crippen LogP) is 0.893. The van der Waals surface area contributed by atoms with Crippen LogP contribution in [0.25, 0.3) is 10.8 Å². The standard InChI is InChI=1S/C16H16N2O4/c1-17-15(20)8-18-16(21)10-22-14-7-6-11-4-2-3-5-12(11)13(14)9-19/h2-7,9H,8,10H2,1H3,(H,17,20)(H,18,21). The van der Waals surface area contributed by atoms with Crippen LogP contribution in [-0.2, 0) is 9.59 Å². The van der Waals surface area contributed by atoms with Gasteiger partial charge in [0.25, 0.3) is 5.91 Å². The Morgan fingerprint density at radius 2 is 1.91 bits per heavy atom. The highest BCUT2D eigenvalue weighted by atomic mass is 16.5. The third-order valence-corrected chi connectivity index (χ3v) is 3.13. The summed E-state index contributed by atoms with van der Waals surface area (Å²) < 4.78 is 5.39. The molecule has 6 nitrogen and oxygen atoms in total. The number of rotatable bonds is 6. The van der Waals surface area contributed by atoms with Crippen molar-refractivity contribution in [1.82, 2.24) is 10.6 Å². The number of nitrogens with one attached hydrogen (secondary N) is 2. The number of likely N-dealkylation sites (N-methyl/N-ethyl adjacent to an activating group) is 1. The van der Waals surface area contributed by atoms with Gasteiger partial charge < -0.3 is 15.4 Å². The molecule has 0 saturated carbocycles. The van der Waals surface area contributed by atoms with Gasteiger partial charge in [-0.2, -0.15) is 0 Å². The van der Waals surface area contributed by atoms with E-state index in [-0.39, 0.29) is 19.1 Å². The molecule has 0 radical (unpaired) electrons. The van der Waals surface area contributed by atoms with E-state index in [1.165, 1.54) is 7.05 Å². The van der Waals surface area contributed by atoms with E-state index < -0.39 is 5.91 Å². The van der Waals surface area contributed by atoms with Crippen molar-refractivity contribution in [2.45, 2.75) is 0 Å². The second kappa shape index (κ2) is 7.21. The van der Waals surface area contributed by atoms with Crippen LogP contribution in [0.2, 0.25) is 0 Å². The van der Waals surface area contributed by atoms with Crippen molar-refractivity contribution in [3.05, 3.63) is 42.0 Å². The van der Waals surface area contributed by atoms with Gasteiger partial charge in [-0.3, -0.25) is 14.4 Å². The number of amides is 2. The molecule has 0 aliphatic carbocycles. The second-order valence-corrected chi connectivity index (χ2v) is 4.55. The van der Waals surface area contributed by atoms with Crippen LogP contribution in [0, 0.1) is 0 Å². The summed E-state index contributed by atoms with van der Waals surface area (Å²) in [5, 5.41) is 6.49. The molecule has 6 heteroatoms. The van der Waals surface area contributed by atoms with Crippen LogP contribution in [0.15, 0.2) is 36.4 Å². The molecule has 0 aromatic heterocycles. The number of fused-ring (bicyclic) bond motifs is 1. The van der Waals surface area contributed by atoms with Crippen molar-refractivity contribution in [2.75, 3.05) is 20.2 Å². The lowest BCUT2D eigenvalue weighted by Gasteiger charge is -2.10. The molecule has 0 heterocycles. The Labute approximate surface area is 127 Å². The van der Waals surface area contributed by atoms with Crippen molar-refractivity contribution < 1.29 is 19.1 Å². The first-order valence-corrected chi connectivity index (χ1v) is 6.72. The summed E-state index contributed by atoms with van der Waals surface area (Å²) >= 11 is 0. The number of hydrogen-bond donors (Lipinski definition) is 2. The fourth-order valence-electron chi connectivity index (χ4n) is 1.98. The summed E-state index contributed by atoms with van der Waals surface area (Å²) in [5.74, 6) is -0.398. The molecule has 0 atom stereocenters. The first-order valence-electron chi connectivity index (χ1n) is 6.72. The van der Waals surface area contributed by atoms with Crippen molar-refractivity contribution in [3.63, 3.8) is 0 Å². The molecule has 0 fully saturated rings. The average molecular weight is 300 g/mol. The normalized spacial score (nSPS) is 10.0. The smallest absolute Gasteiger partial charge is 0.258 e. The maximum Gasteiger partial charge on any atom is 0.258 e. The fourth-order valence-corrected chi connectivity index (χ4v) is 1.98. The molecular formula is C16H16N2O4. The molecule has 2 aromatic rings. The van der Waals surface area contributed by atoms with E-state index in [0.717, 1.165) is 10.8 Å². The summed E-state index contributed by atoms with van der Waals surface area (Å²) in [6.45, 7) is -0.382. The Bertz CT molecular complexity index is 712. The minimum atomic E-state index is -0.436. The first-order chi connectivity index (χ1) is 10.7. The third-order valence-electron chi connectivity index (χ3n) is 3.13. The Balaban J connectivity index is 2.07. The van der Waals surface area contributed by atoms with Gasteiger partial charge in [0.15, 0.2) is 12.9 Å². The molecule has 2 amide bonds. The molecule has 0 bridgehead atoms. The van der Waals surface area contributed by atoms with Crippen LogP contribution in [-0.4, -0.2) is 38.3 Å². The average Bonchev–Trinajstić information content (AvgIpc) is 2.56. The lowest BCUT2D eigenvalue weighted by atomic mass is 10.0. The molecule has 0 spiro atoms. The number of aldehydes is 1. The molecule has 0 unspecified atom stereocenters. The molecule has 0 aliphatic rings. The molecular weight excluding hydrogens is 284 g/mol. The van der Waals surface area contributed by atoms with Crippen molar-refractivity contribution in [3.8, 4) is 5.75 Å². The highest BCUT2D eigenvalue weighted by molar-refractivity contribution is 6.00. The molecule has 2 N–H and O–H groups in total. The zero-order valence-corrected chi connectivity index (χ0v) is 12.1. The summed E-state index contributed by atoms with van der Waals surface area (Å²) in [5.41, 5.74) is 0.400. The van der Waals surface area contributed by atoms with Crippen molar-refractivity contribution >= 4 is 28.9 Å². The monoisotopic (exact) mass is 300 g/mol. The van der Waals surface area contributed by atoms with Gasteiger partial charge in [-0.05, 0) is 16.8 Å². The summed E-state index contributed by atoms with van der Waals surface area (Å²) in [4.78, 5) is 33.9. The van der Waals surface area contributed by atoms with Crippen LogP contribution in [0.1, 0.15) is 10.4 Å². The van der Waals surface area contributed by atoms with E-state index in [1.807, 2.05) is 30.3 Å². The summed E-state index contributed by atoms with van der Waals surface area (Å²) in [6, 6.07) is 10.9. The van der Waals surface area contributed by atoms with E-state index in [4.69, 9.17) is 4.74 Å². The van der Waals surface area contributed by atoms with Crippen molar-refractivity contribution in [2.24, 2.45) is 0 Å². The fraction of sp³-hybridized carbons (Fsp3) is 0.188.